The first-order chi connectivity index (χ1) is 14.8. The number of nitrogens with zero attached hydrogens (tertiary/aromatic N) is 3. The smallest absolute Gasteiger partial charge is 0.410 e. The molecule has 2 heterocycles. The van der Waals surface area contributed by atoms with Crippen molar-refractivity contribution in [2.24, 2.45) is 0 Å². The van der Waals surface area contributed by atoms with Crippen molar-refractivity contribution in [3.8, 4) is 0 Å². The molecule has 0 bridgehead atoms. The summed E-state index contributed by atoms with van der Waals surface area (Å²) in [6, 6.07) is 16.1. The Morgan fingerprint density at radius 2 is 1.94 bits per heavy atom. The first-order valence-corrected chi connectivity index (χ1v) is 11.1. The van der Waals surface area contributed by atoms with Crippen molar-refractivity contribution in [3.63, 3.8) is 0 Å². The highest BCUT2D eigenvalue weighted by Crippen LogP contribution is 2.26. The number of imidazole rings is 1. The Kier molecular flexibility index (Phi) is 6.10. The second kappa shape index (κ2) is 8.79. The maximum Gasteiger partial charge on any atom is 0.410 e. The molecule has 0 radical (unpaired) electrons. The number of anilines is 1. The Morgan fingerprint density at radius 3 is 2.71 bits per heavy atom. The fourth-order valence-corrected chi connectivity index (χ4v) is 4.11. The van der Waals surface area contributed by atoms with E-state index in [9.17, 15) is 4.79 Å². The molecular weight excluding hydrogens is 412 g/mol. The first-order valence-electron chi connectivity index (χ1n) is 10.7. The number of carbonyl (C=O) groups is 1. The summed E-state index contributed by atoms with van der Waals surface area (Å²) in [7, 11) is 0. The topological polar surface area (TPSA) is 59.4 Å². The average molecular weight is 441 g/mol. The van der Waals surface area contributed by atoms with E-state index in [0.29, 0.717) is 19.6 Å². The van der Waals surface area contributed by atoms with Crippen molar-refractivity contribution < 1.29 is 9.53 Å². The maximum absolute atomic E-state index is 12.5. The number of rotatable bonds is 4. The van der Waals surface area contributed by atoms with Crippen LogP contribution in [-0.2, 0) is 11.3 Å². The number of carbonyl (C=O) groups excluding carboxylic acids is 1. The van der Waals surface area contributed by atoms with E-state index in [-0.39, 0.29) is 12.1 Å². The van der Waals surface area contributed by atoms with Crippen molar-refractivity contribution >= 4 is 34.7 Å². The number of likely N-dealkylation sites (tertiary alicyclic amines) is 1. The molecule has 164 valence electrons. The van der Waals surface area contributed by atoms with E-state index >= 15 is 0 Å². The van der Waals surface area contributed by atoms with Crippen LogP contribution in [0.3, 0.4) is 0 Å². The van der Waals surface area contributed by atoms with Gasteiger partial charge >= 0.3 is 6.09 Å². The number of ether oxygens (including phenoxy) is 1. The van der Waals surface area contributed by atoms with Crippen LogP contribution in [0.25, 0.3) is 11.0 Å². The quantitative estimate of drug-likeness (QED) is 0.577. The molecule has 1 aromatic heterocycles. The van der Waals surface area contributed by atoms with Gasteiger partial charge in [-0.05, 0) is 57.4 Å². The molecule has 7 heteroatoms. The van der Waals surface area contributed by atoms with Gasteiger partial charge in [-0.3, -0.25) is 0 Å². The lowest BCUT2D eigenvalue weighted by Crippen LogP contribution is -2.47. The highest BCUT2D eigenvalue weighted by molar-refractivity contribution is 6.31. The van der Waals surface area contributed by atoms with Crippen molar-refractivity contribution in [2.45, 2.75) is 51.8 Å². The van der Waals surface area contributed by atoms with Crippen LogP contribution in [0, 0.1) is 0 Å². The van der Waals surface area contributed by atoms with Gasteiger partial charge in [0.15, 0.2) is 0 Å². The minimum absolute atomic E-state index is 0.100. The van der Waals surface area contributed by atoms with E-state index < -0.39 is 5.60 Å². The normalized spacial score (nSPS) is 17.0. The summed E-state index contributed by atoms with van der Waals surface area (Å²) in [4.78, 5) is 19.2. The number of aromatic nitrogens is 2. The molecule has 1 atom stereocenters. The molecule has 1 amide bonds. The molecule has 1 aliphatic heterocycles. The summed E-state index contributed by atoms with van der Waals surface area (Å²) in [6.07, 6.45) is 1.62. The van der Waals surface area contributed by atoms with Gasteiger partial charge in [-0.25, -0.2) is 9.78 Å². The molecule has 1 fully saturated rings. The molecule has 1 aliphatic rings. The van der Waals surface area contributed by atoms with Crippen LogP contribution in [0.1, 0.15) is 39.2 Å². The van der Waals surface area contributed by atoms with Gasteiger partial charge in [0.2, 0.25) is 5.95 Å². The molecular formula is C24H29ClN4O2. The van der Waals surface area contributed by atoms with Crippen molar-refractivity contribution in [1.29, 1.82) is 0 Å². The molecule has 1 N–H and O–H groups in total. The predicted molar refractivity (Wildman–Crippen MR) is 125 cm³/mol. The number of hydrogen-bond acceptors (Lipinski definition) is 4. The van der Waals surface area contributed by atoms with Crippen molar-refractivity contribution in [2.75, 3.05) is 18.4 Å². The number of hydrogen-bond donors (Lipinski definition) is 1. The SMILES string of the molecule is CC(C)(C)OC(=O)N1CCC[C@@H](Nc2nc3ccccc3n2Cc2ccccc2Cl)C1. The highest BCUT2D eigenvalue weighted by Gasteiger charge is 2.28. The first kappa shape index (κ1) is 21.5. The molecule has 0 spiro atoms. The van der Waals surface area contributed by atoms with E-state index in [2.05, 4.69) is 16.0 Å². The average Bonchev–Trinajstić information content (AvgIpc) is 3.06. The number of piperidine rings is 1. The summed E-state index contributed by atoms with van der Waals surface area (Å²) >= 11 is 6.43. The third-order valence-corrected chi connectivity index (χ3v) is 5.72. The van der Waals surface area contributed by atoms with Gasteiger partial charge in [-0.2, -0.15) is 0 Å². The summed E-state index contributed by atoms with van der Waals surface area (Å²) < 4.78 is 7.72. The van der Waals surface area contributed by atoms with E-state index in [1.165, 1.54) is 0 Å². The summed E-state index contributed by atoms with van der Waals surface area (Å²) in [5, 5.41) is 4.32. The number of halogens is 1. The van der Waals surface area contributed by atoms with Gasteiger partial charge in [-0.15, -0.1) is 0 Å². The summed E-state index contributed by atoms with van der Waals surface area (Å²) in [5.41, 5.74) is 2.51. The van der Waals surface area contributed by atoms with Gasteiger partial charge in [0.1, 0.15) is 5.60 Å². The van der Waals surface area contributed by atoms with Gasteiger partial charge < -0.3 is 19.5 Å². The number of benzene rings is 2. The number of amides is 1. The molecule has 31 heavy (non-hydrogen) atoms. The Morgan fingerprint density at radius 1 is 1.19 bits per heavy atom. The van der Waals surface area contributed by atoms with Crippen LogP contribution in [0.4, 0.5) is 10.7 Å². The zero-order chi connectivity index (χ0) is 22.0. The number of para-hydroxylation sites is 2. The van der Waals surface area contributed by atoms with Crippen LogP contribution in [0.15, 0.2) is 48.5 Å². The molecule has 3 aromatic rings. The lowest BCUT2D eigenvalue weighted by atomic mass is 10.1. The van der Waals surface area contributed by atoms with Gasteiger partial charge in [0.05, 0.1) is 17.6 Å². The summed E-state index contributed by atoms with van der Waals surface area (Å²) in [5.74, 6) is 0.789. The zero-order valence-electron chi connectivity index (χ0n) is 18.3. The molecule has 0 aliphatic carbocycles. The standard InChI is InChI=1S/C24H29ClN4O2/c1-24(2,3)31-23(30)28-14-8-10-18(16-28)26-22-27-20-12-6-7-13-21(20)29(22)15-17-9-4-5-11-19(17)25/h4-7,9,11-13,18H,8,10,14-16H2,1-3H3,(H,26,27)/t18-/m1/s1. The third kappa shape index (κ3) is 5.13. The van der Waals surface area contributed by atoms with Gasteiger partial charge in [0.25, 0.3) is 0 Å². The van der Waals surface area contributed by atoms with Gasteiger partial charge in [-0.1, -0.05) is 41.9 Å². The Bertz CT molecular complexity index is 1070. The monoisotopic (exact) mass is 440 g/mol. The summed E-state index contributed by atoms with van der Waals surface area (Å²) in [6.45, 7) is 7.59. The van der Waals surface area contributed by atoms with Crippen LogP contribution >= 0.6 is 11.6 Å². The molecule has 0 unspecified atom stereocenters. The van der Waals surface area contributed by atoms with Crippen LogP contribution in [-0.4, -0.2) is 45.3 Å². The van der Waals surface area contributed by atoms with Crippen LogP contribution in [0.5, 0.6) is 0 Å². The maximum atomic E-state index is 12.5. The molecule has 4 rings (SSSR count). The largest absolute Gasteiger partial charge is 0.444 e. The second-order valence-electron chi connectivity index (χ2n) is 9.01. The predicted octanol–water partition coefficient (Wildman–Crippen LogP) is 5.55. The Labute approximate surface area is 188 Å². The third-order valence-electron chi connectivity index (χ3n) is 5.35. The van der Waals surface area contributed by atoms with E-state index in [1.54, 1.807) is 4.90 Å². The minimum atomic E-state index is -0.500. The molecule has 0 saturated carbocycles. The van der Waals surface area contributed by atoms with Crippen molar-refractivity contribution in [3.05, 3.63) is 59.1 Å². The number of nitrogens with one attached hydrogen (secondary N) is 1. The number of fused-ring (bicyclic) bond motifs is 1. The van der Waals surface area contributed by atoms with Crippen LogP contribution in [0.2, 0.25) is 5.02 Å². The Hall–Kier alpha value is -2.73. The van der Waals surface area contributed by atoms with Crippen molar-refractivity contribution in [1.82, 2.24) is 14.5 Å². The van der Waals surface area contributed by atoms with E-state index in [1.807, 2.05) is 63.2 Å². The minimum Gasteiger partial charge on any atom is -0.444 e. The molecule has 6 nitrogen and oxygen atoms in total. The second-order valence-corrected chi connectivity index (χ2v) is 9.42. The molecule has 1 saturated heterocycles. The van der Waals surface area contributed by atoms with E-state index in [4.69, 9.17) is 21.3 Å². The zero-order valence-corrected chi connectivity index (χ0v) is 19.0. The van der Waals surface area contributed by atoms with Gasteiger partial charge in [0, 0.05) is 24.2 Å². The highest BCUT2D eigenvalue weighted by atomic mass is 35.5. The fourth-order valence-electron chi connectivity index (χ4n) is 3.91. The lowest BCUT2D eigenvalue weighted by Gasteiger charge is -2.34. The fraction of sp³-hybridized carbons (Fsp3) is 0.417. The Balaban J connectivity index is 1.57. The van der Waals surface area contributed by atoms with Crippen LogP contribution < -0.4 is 5.32 Å². The molecule has 2 aromatic carbocycles. The van der Waals surface area contributed by atoms with E-state index in [0.717, 1.165) is 40.4 Å². The lowest BCUT2D eigenvalue weighted by molar-refractivity contribution is 0.0206.